The Bertz CT molecular complexity index is 1230. The summed E-state index contributed by atoms with van der Waals surface area (Å²) in [5.41, 5.74) is 2.27. The highest BCUT2D eigenvalue weighted by Gasteiger charge is 2.50. The first-order valence-electron chi connectivity index (χ1n) is 10.5. The quantitative estimate of drug-likeness (QED) is 0.584. The summed E-state index contributed by atoms with van der Waals surface area (Å²) >= 11 is 1.44. The van der Waals surface area contributed by atoms with E-state index in [9.17, 15) is 14.4 Å². The number of imide groups is 1. The van der Waals surface area contributed by atoms with Gasteiger partial charge < -0.3 is 9.73 Å². The maximum absolute atomic E-state index is 13.3. The number of thiophene rings is 1. The van der Waals surface area contributed by atoms with Crippen LogP contribution in [0.1, 0.15) is 41.8 Å². The second-order valence-corrected chi connectivity index (χ2v) is 9.12. The Hall–Kier alpha value is -3.72. The van der Waals surface area contributed by atoms with Gasteiger partial charge in [0.2, 0.25) is 0 Å². The van der Waals surface area contributed by atoms with E-state index in [0.29, 0.717) is 17.7 Å². The molecule has 1 N–H and O–H groups in total. The molecule has 8 nitrogen and oxygen atoms in total. The molecule has 0 spiro atoms. The molecule has 168 valence electrons. The van der Waals surface area contributed by atoms with Crippen LogP contribution in [0.5, 0.6) is 0 Å². The number of hydrogen-bond donors (Lipinski definition) is 1. The van der Waals surface area contributed by atoms with E-state index in [1.54, 1.807) is 31.4 Å². The molecule has 5 rings (SSSR count). The third kappa shape index (κ3) is 3.64. The lowest BCUT2D eigenvalue weighted by Gasteiger charge is -2.23. The number of amides is 4. The highest BCUT2D eigenvalue weighted by molar-refractivity contribution is 7.08. The maximum Gasteiger partial charge on any atom is 0.325 e. The molecule has 0 saturated carbocycles. The van der Waals surface area contributed by atoms with Gasteiger partial charge in [-0.2, -0.15) is 16.4 Å². The molecule has 2 unspecified atom stereocenters. The van der Waals surface area contributed by atoms with Crippen molar-refractivity contribution in [3.8, 4) is 0 Å². The number of urea groups is 1. The van der Waals surface area contributed by atoms with E-state index in [0.717, 1.165) is 21.7 Å². The summed E-state index contributed by atoms with van der Waals surface area (Å²) in [6, 6.07) is 12.2. The largest absolute Gasteiger partial charge is 0.467 e. The summed E-state index contributed by atoms with van der Waals surface area (Å²) in [7, 11) is 0. The molecule has 33 heavy (non-hydrogen) atoms. The van der Waals surface area contributed by atoms with Crippen molar-refractivity contribution in [2.75, 3.05) is 6.54 Å². The van der Waals surface area contributed by atoms with Gasteiger partial charge in [0.1, 0.15) is 23.9 Å². The van der Waals surface area contributed by atoms with Gasteiger partial charge in [-0.3, -0.25) is 14.5 Å². The molecular formula is C24H22N4O4S. The van der Waals surface area contributed by atoms with E-state index in [1.165, 1.54) is 16.3 Å². The average Bonchev–Trinajstić information content (AvgIpc) is 3.59. The fourth-order valence-corrected chi connectivity index (χ4v) is 4.92. The molecular weight excluding hydrogens is 440 g/mol. The summed E-state index contributed by atoms with van der Waals surface area (Å²) in [5, 5.41) is 12.3. The Kier molecular flexibility index (Phi) is 5.13. The number of furan rings is 1. The molecule has 1 saturated heterocycles. The molecule has 2 aliphatic heterocycles. The Labute approximate surface area is 194 Å². The molecule has 3 aromatic rings. The van der Waals surface area contributed by atoms with Crippen molar-refractivity contribution >= 4 is 34.9 Å². The van der Waals surface area contributed by atoms with E-state index in [1.807, 2.05) is 41.9 Å². The summed E-state index contributed by atoms with van der Waals surface area (Å²) in [6.07, 6.45) is 2.01. The Morgan fingerprint density at radius 3 is 2.70 bits per heavy atom. The van der Waals surface area contributed by atoms with E-state index < -0.39 is 36.0 Å². The third-order valence-corrected chi connectivity index (χ3v) is 6.77. The van der Waals surface area contributed by atoms with Crippen LogP contribution in [0.15, 0.2) is 69.0 Å². The van der Waals surface area contributed by atoms with Gasteiger partial charge in [0, 0.05) is 6.42 Å². The van der Waals surface area contributed by atoms with Crippen molar-refractivity contribution < 1.29 is 18.8 Å². The molecule has 9 heteroatoms. The van der Waals surface area contributed by atoms with Crippen LogP contribution in [0.2, 0.25) is 0 Å². The summed E-state index contributed by atoms with van der Waals surface area (Å²) in [4.78, 5) is 40.1. The van der Waals surface area contributed by atoms with E-state index >= 15 is 0 Å². The molecule has 2 aliphatic rings. The summed E-state index contributed by atoms with van der Waals surface area (Å²) in [5.74, 6) is -0.332. The van der Waals surface area contributed by atoms with Gasteiger partial charge in [-0.05, 0) is 53.9 Å². The number of rotatable bonds is 5. The molecule has 0 aliphatic carbocycles. The van der Waals surface area contributed by atoms with Gasteiger partial charge in [0.15, 0.2) is 0 Å². The van der Waals surface area contributed by atoms with Crippen LogP contribution >= 0.6 is 11.3 Å². The minimum atomic E-state index is -1.20. The Morgan fingerprint density at radius 2 is 2.03 bits per heavy atom. The van der Waals surface area contributed by atoms with Crippen LogP contribution in [0.25, 0.3) is 0 Å². The van der Waals surface area contributed by atoms with Gasteiger partial charge in [-0.1, -0.05) is 29.8 Å². The number of nitrogens with zero attached hydrogens (tertiary/aromatic N) is 3. The first-order valence-corrected chi connectivity index (χ1v) is 11.5. The molecule has 1 aromatic carbocycles. The molecule has 0 bridgehead atoms. The Balaban J connectivity index is 1.41. The average molecular weight is 463 g/mol. The third-order valence-electron chi connectivity index (χ3n) is 6.09. The number of benzene rings is 1. The van der Waals surface area contributed by atoms with Gasteiger partial charge in [0.25, 0.3) is 11.8 Å². The standard InChI is InChI=1S/C24H22N4O4S/c1-15-5-7-16(8-6-15)18-12-19(20-4-3-10-32-20)28(26-18)21(29)13-27-22(30)24(2,25-23(27)31)17-9-11-33-14-17/h3-11,14,19H,12-13H2,1-2H3,(H,25,31). The van der Waals surface area contributed by atoms with Gasteiger partial charge in [0.05, 0.1) is 12.0 Å². The summed E-state index contributed by atoms with van der Waals surface area (Å²) < 4.78 is 5.57. The lowest BCUT2D eigenvalue weighted by atomic mass is 9.95. The number of hydrogen-bond acceptors (Lipinski definition) is 6. The fraction of sp³-hybridized carbons (Fsp3) is 0.250. The van der Waals surface area contributed by atoms with E-state index in [-0.39, 0.29) is 0 Å². The van der Waals surface area contributed by atoms with Gasteiger partial charge in [-0.15, -0.1) is 0 Å². The molecule has 4 amide bonds. The SMILES string of the molecule is Cc1ccc(C2=NN(C(=O)CN3C(=O)NC(C)(c4ccsc4)C3=O)C(c3ccco3)C2)cc1. The second kappa shape index (κ2) is 8.00. The number of carbonyl (C=O) groups excluding carboxylic acids is 3. The molecule has 2 atom stereocenters. The highest BCUT2D eigenvalue weighted by atomic mass is 32.1. The van der Waals surface area contributed by atoms with Crippen molar-refractivity contribution in [3.05, 3.63) is 81.9 Å². The molecule has 1 fully saturated rings. The van der Waals surface area contributed by atoms with Crippen LogP contribution in [0.4, 0.5) is 4.79 Å². The van der Waals surface area contributed by atoms with Gasteiger partial charge >= 0.3 is 6.03 Å². The zero-order chi connectivity index (χ0) is 23.2. The maximum atomic E-state index is 13.3. The van der Waals surface area contributed by atoms with Crippen molar-refractivity contribution in [2.45, 2.75) is 31.8 Å². The van der Waals surface area contributed by atoms with E-state index in [2.05, 4.69) is 10.4 Å². The van der Waals surface area contributed by atoms with Crippen molar-refractivity contribution in [3.63, 3.8) is 0 Å². The molecule has 4 heterocycles. The number of hydrazone groups is 1. The first kappa shape index (κ1) is 21.1. The van der Waals surface area contributed by atoms with Crippen LogP contribution < -0.4 is 5.32 Å². The molecule has 2 aromatic heterocycles. The van der Waals surface area contributed by atoms with Crippen LogP contribution in [0, 0.1) is 6.92 Å². The van der Waals surface area contributed by atoms with Crippen molar-refractivity contribution in [1.82, 2.24) is 15.2 Å². The minimum absolute atomic E-state index is 0.410. The van der Waals surface area contributed by atoms with Crippen LogP contribution in [-0.4, -0.2) is 40.0 Å². The summed E-state index contributed by atoms with van der Waals surface area (Å²) in [6.45, 7) is 3.24. The number of nitrogens with one attached hydrogen (secondary N) is 1. The minimum Gasteiger partial charge on any atom is -0.467 e. The fourth-order valence-electron chi connectivity index (χ4n) is 4.16. The van der Waals surface area contributed by atoms with Crippen molar-refractivity contribution in [1.29, 1.82) is 0 Å². The van der Waals surface area contributed by atoms with Crippen LogP contribution in [0.3, 0.4) is 0 Å². The second-order valence-electron chi connectivity index (χ2n) is 8.34. The Morgan fingerprint density at radius 1 is 1.24 bits per heavy atom. The number of aryl methyl sites for hydroxylation is 1. The normalized spacial score (nSPS) is 22.6. The van der Waals surface area contributed by atoms with Crippen LogP contribution in [-0.2, 0) is 15.1 Å². The highest BCUT2D eigenvalue weighted by Crippen LogP contribution is 2.34. The molecule has 0 radical (unpaired) electrons. The predicted octanol–water partition coefficient (Wildman–Crippen LogP) is 3.79. The predicted molar refractivity (Wildman–Crippen MR) is 123 cm³/mol. The zero-order valence-electron chi connectivity index (χ0n) is 18.1. The van der Waals surface area contributed by atoms with Gasteiger partial charge in [-0.25, -0.2) is 9.80 Å². The number of carbonyl (C=O) groups is 3. The van der Waals surface area contributed by atoms with E-state index in [4.69, 9.17) is 4.42 Å². The zero-order valence-corrected chi connectivity index (χ0v) is 19.0. The smallest absolute Gasteiger partial charge is 0.325 e. The van der Waals surface area contributed by atoms with Crippen molar-refractivity contribution in [2.24, 2.45) is 5.10 Å². The lowest BCUT2D eigenvalue weighted by Crippen LogP contribution is -2.43. The first-order chi connectivity index (χ1) is 15.9. The lowest BCUT2D eigenvalue weighted by molar-refractivity contribution is -0.140. The monoisotopic (exact) mass is 462 g/mol. The topological polar surface area (TPSA) is 95.2 Å².